The van der Waals surface area contributed by atoms with Gasteiger partial charge in [-0.3, -0.25) is 4.98 Å². The highest BCUT2D eigenvalue weighted by Crippen LogP contribution is 2.22. The van der Waals surface area contributed by atoms with Crippen LogP contribution in [0.2, 0.25) is 5.02 Å². The number of hydrogen-bond acceptors (Lipinski definition) is 2. The van der Waals surface area contributed by atoms with Crippen LogP contribution in [0.5, 0.6) is 0 Å². The molecule has 1 rings (SSSR count). The molecule has 0 spiro atoms. The first-order valence-corrected chi connectivity index (χ1v) is 6.13. The maximum absolute atomic E-state index is 6.11. The molecule has 2 N–H and O–H groups in total. The van der Waals surface area contributed by atoms with E-state index in [0.717, 1.165) is 29.8 Å². The van der Waals surface area contributed by atoms with E-state index in [1.54, 1.807) is 12.4 Å². The summed E-state index contributed by atoms with van der Waals surface area (Å²) in [6, 6.07) is 2.22. The number of aryl methyl sites for hydroxylation is 1. The molecule has 0 radical (unpaired) electrons. The number of pyridine rings is 1. The normalized spacial score (nSPS) is 13.8. The molecule has 3 heteroatoms. The zero-order valence-electron chi connectivity index (χ0n) is 10.3. The van der Waals surface area contributed by atoms with Crippen molar-refractivity contribution < 1.29 is 0 Å². The number of nitrogens with zero attached hydrogens (tertiary/aromatic N) is 1. The third kappa shape index (κ3) is 4.11. The van der Waals surface area contributed by atoms with Crippen LogP contribution in [0, 0.1) is 5.41 Å². The summed E-state index contributed by atoms with van der Waals surface area (Å²) in [5, 5.41) is 0.756. The van der Waals surface area contributed by atoms with E-state index in [-0.39, 0.29) is 11.5 Å². The van der Waals surface area contributed by atoms with Crippen molar-refractivity contribution in [2.24, 2.45) is 11.1 Å². The zero-order chi connectivity index (χ0) is 12.2. The first kappa shape index (κ1) is 13.5. The third-order valence-corrected chi connectivity index (χ3v) is 3.27. The Morgan fingerprint density at radius 2 is 2.12 bits per heavy atom. The molecule has 0 aliphatic rings. The fraction of sp³-hybridized carbons (Fsp3) is 0.615. The fourth-order valence-electron chi connectivity index (χ4n) is 1.55. The van der Waals surface area contributed by atoms with Gasteiger partial charge in [-0.1, -0.05) is 32.4 Å². The standard InChI is InChI=1S/C13H21ClN2/c1-13(2,3)12(15)6-4-5-10-7-8-16-9-11(10)14/h7-9,12H,4-6,15H2,1-3H3. The van der Waals surface area contributed by atoms with Crippen molar-refractivity contribution in [1.82, 2.24) is 4.98 Å². The van der Waals surface area contributed by atoms with Crippen molar-refractivity contribution in [1.29, 1.82) is 0 Å². The molecule has 1 atom stereocenters. The van der Waals surface area contributed by atoms with E-state index >= 15 is 0 Å². The Morgan fingerprint density at radius 1 is 1.44 bits per heavy atom. The predicted molar refractivity (Wildman–Crippen MR) is 69.6 cm³/mol. The van der Waals surface area contributed by atoms with E-state index in [9.17, 15) is 0 Å². The van der Waals surface area contributed by atoms with E-state index in [4.69, 9.17) is 17.3 Å². The average molecular weight is 241 g/mol. The number of aromatic nitrogens is 1. The predicted octanol–water partition coefficient (Wildman–Crippen LogP) is 3.43. The molecule has 0 bridgehead atoms. The van der Waals surface area contributed by atoms with Gasteiger partial charge in [0, 0.05) is 18.4 Å². The van der Waals surface area contributed by atoms with E-state index in [0.29, 0.717) is 0 Å². The maximum atomic E-state index is 6.11. The Balaban J connectivity index is 2.40. The highest BCUT2D eigenvalue weighted by molar-refractivity contribution is 6.31. The lowest BCUT2D eigenvalue weighted by molar-refractivity contribution is 0.301. The molecule has 1 aromatic heterocycles. The molecule has 0 fully saturated rings. The van der Waals surface area contributed by atoms with Crippen LogP contribution in [-0.2, 0) is 6.42 Å². The van der Waals surface area contributed by atoms with Gasteiger partial charge in [0.05, 0.1) is 5.02 Å². The number of rotatable bonds is 4. The van der Waals surface area contributed by atoms with Crippen LogP contribution in [0.3, 0.4) is 0 Å². The van der Waals surface area contributed by atoms with Crippen LogP contribution in [0.1, 0.15) is 39.2 Å². The second-order valence-corrected chi connectivity index (χ2v) is 5.74. The number of nitrogens with two attached hydrogens (primary N) is 1. The first-order valence-electron chi connectivity index (χ1n) is 5.75. The monoisotopic (exact) mass is 240 g/mol. The smallest absolute Gasteiger partial charge is 0.0621 e. The molecule has 0 amide bonds. The van der Waals surface area contributed by atoms with Gasteiger partial charge in [-0.05, 0) is 36.3 Å². The van der Waals surface area contributed by atoms with E-state index in [2.05, 4.69) is 25.8 Å². The zero-order valence-corrected chi connectivity index (χ0v) is 11.1. The van der Waals surface area contributed by atoms with Gasteiger partial charge < -0.3 is 5.73 Å². The first-order chi connectivity index (χ1) is 7.41. The van der Waals surface area contributed by atoms with Crippen molar-refractivity contribution in [2.75, 3.05) is 0 Å². The molecule has 1 heterocycles. The fourth-order valence-corrected chi connectivity index (χ4v) is 1.77. The summed E-state index contributed by atoms with van der Waals surface area (Å²) in [4.78, 5) is 3.97. The molecule has 0 aliphatic heterocycles. The Hall–Kier alpha value is -0.600. The van der Waals surface area contributed by atoms with Crippen LogP contribution in [-0.4, -0.2) is 11.0 Å². The van der Waals surface area contributed by atoms with Gasteiger partial charge >= 0.3 is 0 Å². The summed E-state index contributed by atoms with van der Waals surface area (Å²) in [6.45, 7) is 6.53. The third-order valence-electron chi connectivity index (χ3n) is 2.93. The molecule has 0 aliphatic carbocycles. The van der Waals surface area contributed by atoms with Crippen LogP contribution in [0.4, 0.5) is 0 Å². The lowest BCUT2D eigenvalue weighted by atomic mass is 9.84. The SMILES string of the molecule is CC(C)(C)C(N)CCCc1ccncc1Cl. The van der Waals surface area contributed by atoms with Crippen LogP contribution in [0.25, 0.3) is 0 Å². The van der Waals surface area contributed by atoms with Crippen LogP contribution in [0.15, 0.2) is 18.5 Å². The summed E-state index contributed by atoms with van der Waals surface area (Å²) in [5.41, 5.74) is 7.45. The lowest BCUT2D eigenvalue weighted by Gasteiger charge is -2.27. The molecular weight excluding hydrogens is 220 g/mol. The number of hydrogen-bond donors (Lipinski definition) is 1. The number of halogens is 1. The summed E-state index contributed by atoms with van der Waals surface area (Å²) in [5.74, 6) is 0. The molecule has 0 saturated heterocycles. The minimum absolute atomic E-state index is 0.183. The average Bonchev–Trinajstić information content (AvgIpc) is 2.19. The Labute approximate surface area is 103 Å². The Bertz CT molecular complexity index is 331. The van der Waals surface area contributed by atoms with Crippen molar-refractivity contribution in [3.8, 4) is 0 Å². The van der Waals surface area contributed by atoms with Crippen LogP contribution >= 0.6 is 11.6 Å². The second kappa shape index (κ2) is 5.65. The summed E-state index contributed by atoms with van der Waals surface area (Å²) >= 11 is 6.04. The van der Waals surface area contributed by atoms with Crippen molar-refractivity contribution in [3.05, 3.63) is 29.0 Å². The molecule has 1 aromatic rings. The van der Waals surface area contributed by atoms with Crippen molar-refractivity contribution in [3.63, 3.8) is 0 Å². The molecular formula is C13H21ClN2. The quantitative estimate of drug-likeness (QED) is 0.876. The van der Waals surface area contributed by atoms with E-state index < -0.39 is 0 Å². The molecule has 16 heavy (non-hydrogen) atoms. The highest BCUT2D eigenvalue weighted by Gasteiger charge is 2.19. The van der Waals surface area contributed by atoms with Gasteiger partial charge in [-0.25, -0.2) is 0 Å². The van der Waals surface area contributed by atoms with Gasteiger partial charge in [0.1, 0.15) is 0 Å². The molecule has 0 saturated carbocycles. The van der Waals surface area contributed by atoms with Crippen LogP contribution < -0.4 is 5.73 Å². The summed E-state index contributed by atoms with van der Waals surface area (Å²) in [6.07, 6.45) is 6.56. The topological polar surface area (TPSA) is 38.9 Å². The molecule has 90 valence electrons. The molecule has 0 aromatic carbocycles. The van der Waals surface area contributed by atoms with E-state index in [1.807, 2.05) is 6.07 Å². The minimum atomic E-state index is 0.183. The molecule has 1 unspecified atom stereocenters. The van der Waals surface area contributed by atoms with E-state index in [1.165, 1.54) is 0 Å². The lowest BCUT2D eigenvalue weighted by Crippen LogP contribution is -2.34. The van der Waals surface area contributed by atoms with Gasteiger partial charge in [0.2, 0.25) is 0 Å². The van der Waals surface area contributed by atoms with Crippen molar-refractivity contribution in [2.45, 2.75) is 46.1 Å². The van der Waals surface area contributed by atoms with Gasteiger partial charge in [0.25, 0.3) is 0 Å². The van der Waals surface area contributed by atoms with Gasteiger partial charge in [-0.15, -0.1) is 0 Å². The maximum Gasteiger partial charge on any atom is 0.0621 e. The minimum Gasteiger partial charge on any atom is -0.327 e. The van der Waals surface area contributed by atoms with Crippen molar-refractivity contribution >= 4 is 11.6 Å². The molecule has 2 nitrogen and oxygen atoms in total. The second-order valence-electron chi connectivity index (χ2n) is 5.33. The summed E-state index contributed by atoms with van der Waals surface area (Å²) in [7, 11) is 0. The largest absolute Gasteiger partial charge is 0.327 e. The Morgan fingerprint density at radius 3 is 2.69 bits per heavy atom. The highest BCUT2D eigenvalue weighted by atomic mass is 35.5. The van der Waals surface area contributed by atoms with Gasteiger partial charge in [-0.2, -0.15) is 0 Å². The van der Waals surface area contributed by atoms with Gasteiger partial charge in [0.15, 0.2) is 0 Å². The summed E-state index contributed by atoms with van der Waals surface area (Å²) < 4.78 is 0. The Kier molecular flexibility index (Phi) is 4.75.